The number of hydrogen-bond donors (Lipinski definition) is 3. The van der Waals surface area contributed by atoms with Crippen molar-refractivity contribution in [2.24, 2.45) is 11.8 Å². The van der Waals surface area contributed by atoms with Crippen molar-refractivity contribution < 1.29 is 50.7 Å². The number of methoxy groups -OCH3 is 1. The number of carbonyl (C=O) groups is 5. The smallest absolute Gasteiger partial charge is 0.405 e. The molecule has 270 valence electrons. The highest BCUT2D eigenvalue weighted by molar-refractivity contribution is 7.18. The quantitative estimate of drug-likeness (QED) is 0.115. The van der Waals surface area contributed by atoms with Crippen LogP contribution in [0.3, 0.4) is 0 Å². The van der Waals surface area contributed by atoms with Gasteiger partial charge in [0.05, 0.1) is 16.3 Å². The number of hydrogen-bond acceptors (Lipinski definition) is 7. The molecule has 0 aliphatic rings. The first-order valence-corrected chi connectivity index (χ1v) is 16.4. The lowest BCUT2D eigenvalue weighted by Crippen LogP contribution is -2.52. The van der Waals surface area contributed by atoms with Crippen LogP contribution in [0.1, 0.15) is 47.1 Å². The van der Waals surface area contributed by atoms with Gasteiger partial charge in [0.25, 0.3) is 11.8 Å². The van der Waals surface area contributed by atoms with Crippen molar-refractivity contribution in [3.63, 3.8) is 0 Å². The van der Waals surface area contributed by atoms with Crippen LogP contribution in [-0.2, 0) is 25.6 Å². The number of nitrogens with one attached hydrogen (secondary N) is 3. The van der Waals surface area contributed by atoms with Crippen molar-refractivity contribution in [3.05, 3.63) is 86.0 Å². The first-order valence-electron chi connectivity index (χ1n) is 14.9. The minimum Gasteiger partial charge on any atom is -0.497 e. The van der Waals surface area contributed by atoms with Crippen LogP contribution in [-0.4, -0.2) is 61.1 Å². The summed E-state index contributed by atoms with van der Waals surface area (Å²) < 4.78 is 72.9. The topological polar surface area (TPSA) is 131 Å². The van der Waals surface area contributed by atoms with Crippen LogP contribution >= 0.6 is 34.5 Å². The van der Waals surface area contributed by atoms with Gasteiger partial charge in [-0.1, -0.05) is 61.3 Å². The number of alkyl halides is 5. The Balaban J connectivity index is 1.95. The van der Waals surface area contributed by atoms with Gasteiger partial charge in [-0.3, -0.25) is 24.0 Å². The molecule has 3 rings (SSSR count). The zero-order valence-corrected chi connectivity index (χ0v) is 29.0. The average Bonchev–Trinajstić information content (AvgIpc) is 3.50. The Morgan fingerprint density at radius 3 is 2.10 bits per heavy atom. The Morgan fingerprint density at radius 2 is 1.56 bits per heavy atom. The second-order valence-electron chi connectivity index (χ2n) is 11.4. The molecule has 1 heterocycles. The van der Waals surface area contributed by atoms with Gasteiger partial charge < -0.3 is 20.7 Å². The van der Waals surface area contributed by atoms with E-state index in [0.29, 0.717) is 20.7 Å². The predicted octanol–water partition coefficient (Wildman–Crippen LogP) is 6.38. The Hall–Kier alpha value is -4.08. The summed E-state index contributed by atoms with van der Waals surface area (Å²) in [4.78, 5) is 66.0. The number of ketones is 2. The summed E-state index contributed by atoms with van der Waals surface area (Å²) in [5.74, 6) is -14.4. The summed E-state index contributed by atoms with van der Waals surface area (Å²) in [6, 6.07) is 12.2. The Morgan fingerprint density at radius 1 is 0.900 bits per heavy atom. The molecular weight excluding hydrogens is 732 g/mol. The molecule has 0 bridgehead atoms. The molecule has 0 radical (unpaired) electrons. The minimum atomic E-state index is -5.02. The van der Waals surface area contributed by atoms with Crippen molar-refractivity contribution in [1.29, 1.82) is 0 Å². The predicted molar refractivity (Wildman–Crippen MR) is 177 cm³/mol. The molecule has 0 aliphatic heterocycles. The molecule has 17 heteroatoms. The largest absolute Gasteiger partial charge is 0.497 e. The Kier molecular flexibility index (Phi) is 13.9. The zero-order chi connectivity index (χ0) is 37.4. The number of carbonyl (C=O) groups excluding carboxylic acids is 5. The van der Waals surface area contributed by atoms with Gasteiger partial charge in [-0.2, -0.15) is 22.0 Å². The first-order chi connectivity index (χ1) is 23.3. The summed E-state index contributed by atoms with van der Waals surface area (Å²) in [6.07, 6.45) is -6.06. The van der Waals surface area contributed by atoms with Gasteiger partial charge in [0.2, 0.25) is 11.7 Å². The third-order valence-electron chi connectivity index (χ3n) is 7.41. The Labute approximate surface area is 297 Å². The highest BCUT2D eigenvalue weighted by Gasteiger charge is 2.52. The number of amides is 3. The van der Waals surface area contributed by atoms with Crippen molar-refractivity contribution in [1.82, 2.24) is 16.0 Å². The lowest BCUT2D eigenvalue weighted by Gasteiger charge is -2.27. The molecule has 0 unspecified atom stereocenters. The monoisotopic (exact) mass is 763 g/mol. The lowest BCUT2D eigenvalue weighted by molar-refractivity contribution is -0.167. The number of ether oxygens (including phenoxy) is 1. The van der Waals surface area contributed by atoms with E-state index in [1.165, 1.54) is 57.4 Å². The van der Waals surface area contributed by atoms with Crippen LogP contribution in [0.2, 0.25) is 9.36 Å². The molecule has 2 aromatic carbocycles. The van der Waals surface area contributed by atoms with Gasteiger partial charge in [-0.05, 0) is 53.4 Å². The van der Waals surface area contributed by atoms with Gasteiger partial charge in [0, 0.05) is 23.8 Å². The molecule has 0 spiro atoms. The SMILES string of the molecule is COc1ccc([C@H](NC(=O)[C@H](Cc2cccc(Cl)c2)NC(=O)c2ccc(Cl)s2)C(=O)C[C@H](C(=O)C(F)(F)C(=O)NCC(F)(F)F)C(C)C)cc1. The molecule has 0 saturated carbocycles. The van der Waals surface area contributed by atoms with E-state index in [1.54, 1.807) is 24.3 Å². The van der Waals surface area contributed by atoms with Gasteiger partial charge in [0.15, 0.2) is 5.78 Å². The van der Waals surface area contributed by atoms with Crippen LogP contribution in [0.4, 0.5) is 22.0 Å². The molecule has 3 atom stereocenters. The highest BCUT2D eigenvalue weighted by Crippen LogP contribution is 2.31. The number of thiophene rings is 1. The highest BCUT2D eigenvalue weighted by atomic mass is 35.5. The van der Waals surface area contributed by atoms with Gasteiger partial charge in [-0.25, -0.2) is 0 Å². The molecule has 3 N–H and O–H groups in total. The second-order valence-corrected chi connectivity index (χ2v) is 13.6. The second kappa shape index (κ2) is 17.2. The van der Waals surface area contributed by atoms with Crippen molar-refractivity contribution in [2.45, 2.75) is 50.9 Å². The van der Waals surface area contributed by atoms with Gasteiger partial charge >= 0.3 is 12.1 Å². The van der Waals surface area contributed by atoms with Crippen molar-refractivity contribution in [3.8, 4) is 5.75 Å². The summed E-state index contributed by atoms with van der Waals surface area (Å²) in [5, 5.41) is 6.50. The lowest BCUT2D eigenvalue weighted by atomic mass is 9.82. The number of halogens is 7. The summed E-state index contributed by atoms with van der Waals surface area (Å²) in [5.41, 5.74) is 0.678. The number of Topliss-reactive ketones (excluding diaryl/α,β-unsaturated/α-hetero) is 2. The summed E-state index contributed by atoms with van der Waals surface area (Å²) in [7, 11) is 1.38. The molecule has 0 saturated heterocycles. The Bertz CT molecular complexity index is 1700. The number of rotatable bonds is 16. The van der Waals surface area contributed by atoms with E-state index >= 15 is 0 Å². The van der Waals surface area contributed by atoms with E-state index in [9.17, 15) is 45.9 Å². The third kappa shape index (κ3) is 11.2. The fourth-order valence-electron chi connectivity index (χ4n) is 4.77. The van der Waals surface area contributed by atoms with E-state index < -0.39 is 78.3 Å². The maximum absolute atomic E-state index is 14.9. The van der Waals surface area contributed by atoms with E-state index in [-0.39, 0.29) is 16.9 Å². The molecule has 50 heavy (non-hydrogen) atoms. The van der Waals surface area contributed by atoms with Crippen LogP contribution in [0.15, 0.2) is 60.7 Å². The molecule has 0 fully saturated rings. The number of benzene rings is 2. The average molecular weight is 765 g/mol. The summed E-state index contributed by atoms with van der Waals surface area (Å²) in [6.45, 7) is 0.528. The molecule has 3 amide bonds. The maximum atomic E-state index is 14.9. The van der Waals surface area contributed by atoms with Crippen LogP contribution in [0, 0.1) is 11.8 Å². The maximum Gasteiger partial charge on any atom is 0.405 e. The van der Waals surface area contributed by atoms with E-state index in [2.05, 4.69) is 10.6 Å². The first kappa shape index (κ1) is 40.4. The minimum absolute atomic E-state index is 0.104. The van der Waals surface area contributed by atoms with E-state index in [0.717, 1.165) is 16.7 Å². The fourth-order valence-corrected chi connectivity index (χ4v) is 5.92. The molecule has 9 nitrogen and oxygen atoms in total. The molecule has 3 aromatic rings. The molecule has 1 aromatic heterocycles. The van der Waals surface area contributed by atoms with Crippen LogP contribution in [0.25, 0.3) is 0 Å². The van der Waals surface area contributed by atoms with Gasteiger partial charge in [-0.15, -0.1) is 11.3 Å². The fraction of sp³-hybridized carbons (Fsp3) is 0.364. The van der Waals surface area contributed by atoms with Crippen LogP contribution in [0.5, 0.6) is 5.75 Å². The van der Waals surface area contributed by atoms with Gasteiger partial charge in [0.1, 0.15) is 24.4 Å². The normalized spacial score (nSPS) is 13.6. The standard InChI is InChI=1S/C33H32Cl2F5N3O6S/c1-17(2)22(28(45)33(39,40)31(48)41-16-32(36,37)38)15-24(44)27(19-7-9-21(49-3)10-8-19)43-29(46)23(14-18-5-4-6-20(34)13-18)42-30(47)25-11-12-26(35)50-25/h4-13,17,22-23,27H,14-16H2,1-3H3,(H,41,48)(H,42,47)(H,43,46)/t22-,23-,27-/m0/s1. The van der Waals surface area contributed by atoms with Crippen molar-refractivity contribution >= 4 is 63.8 Å². The van der Waals surface area contributed by atoms with Crippen LogP contribution < -0.4 is 20.7 Å². The van der Waals surface area contributed by atoms with E-state index in [4.69, 9.17) is 27.9 Å². The summed E-state index contributed by atoms with van der Waals surface area (Å²) >= 11 is 13.0. The van der Waals surface area contributed by atoms with Crippen molar-refractivity contribution in [2.75, 3.05) is 13.7 Å². The third-order valence-corrected chi connectivity index (χ3v) is 8.88. The molecular formula is C33H32Cl2F5N3O6S. The zero-order valence-electron chi connectivity index (χ0n) is 26.7. The van der Waals surface area contributed by atoms with E-state index in [1.807, 2.05) is 0 Å². The molecule has 0 aliphatic carbocycles.